The molecule has 0 bridgehead atoms. The third kappa shape index (κ3) is 1.19. The maximum atomic E-state index is 11.5. The molecule has 1 aliphatic rings. The summed E-state index contributed by atoms with van der Waals surface area (Å²) >= 11 is 0. The van der Waals surface area contributed by atoms with Crippen molar-refractivity contribution in [1.29, 1.82) is 0 Å². The lowest BCUT2D eigenvalue weighted by Crippen LogP contribution is -2.40. The van der Waals surface area contributed by atoms with E-state index in [1.54, 1.807) is 6.92 Å². The highest BCUT2D eigenvalue weighted by Gasteiger charge is 2.42. The van der Waals surface area contributed by atoms with Crippen LogP contribution in [0.25, 0.3) is 0 Å². The lowest BCUT2D eigenvalue weighted by Gasteiger charge is -2.40. The summed E-state index contributed by atoms with van der Waals surface area (Å²) in [5, 5.41) is 0. The monoisotopic (exact) mass is 174 g/mol. The van der Waals surface area contributed by atoms with Crippen LogP contribution in [0.4, 0.5) is 0 Å². The van der Waals surface area contributed by atoms with E-state index < -0.39 is 0 Å². The Morgan fingerprint density at radius 3 is 2.23 bits per heavy atom. The van der Waals surface area contributed by atoms with Crippen LogP contribution in [0.3, 0.4) is 0 Å². The van der Waals surface area contributed by atoms with Gasteiger partial charge in [-0.05, 0) is 25.3 Å². The van der Waals surface area contributed by atoms with Crippen molar-refractivity contribution in [2.75, 3.05) is 0 Å². The van der Waals surface area contributed by atoms with Crippen molar-refractivity contribution in [3.8, 4) is 0 Å². The molecule has 68 valence electrons. The molecule has 1 fully saturated rings. The fraction of sp³-hybridized carbons (Fsp3) is 0.417. The van der Waals surface area contributed by atoms with Gasteiger partial charge in [0.1, 0.15) is 5.78 Å². The molecular weight excluding hydrogens is 160 g/mol. The van der Waals surface area contributed by atoms with Crippen LogP contribution in [-0.2, 0) is 10.2 Å². The molecule has 0 heterocycles. The Hall–Kier alpha value is -1.11. The van der Waals surface area contributed by atoms with Gasteiger partial charge in [0.05, 0.1) is 5.41 Å². The number of benzene rings is 1. The number of hydrogen-bond acceptors (Lipinski definition) is 1. The van der Waals surface area contributed by atoms with E-state index >= 15 is 0 Å². The summed E-state index contributed by atoms with van der Waals surface area (Å²) in [6.45, 7) is 1.71. The summed E-state index contributed by atoms with van der Waals surface area (Å²) in [6, 6.07) is 10.2. The van der Waals surface area contributed by atoms with Gasteiger partial charge in [0.25, 0.3) is 0 Å². The van der Waals surface area contributed by atoms with E-state index in [-0.39, 0.29) is 5.41 Å². The first-order chi connectivity index (χ1) is 6.26. The van der Waals surface area contributed by atoms with Crippen molar-refractivity contribution in [3.05, 3.63) is 35.9 Å². The predicted molar refractivity (Wildman–Crippen MR) is 52.7 cm³/mol. The van der Waals surface area contributed by atoms with Gasteiger partial charge in [0.15, 0.2) is 0 Å². The topological polar surface area (TPSA) is 17.1 Å². The van der Waals surface area contributed by atoms with E-state index in [1.165, 1.54) is 12.0 Å². The van der Waals surface area contributed by atoms with Gasteiger partial charge in [-0.1, -0.05) is 36.8 Å². The Morgan fingerprint density at radius 1 is 1.23 bits per heavy atom. The Kier molecular flexibility index (Phi) is 1.95. The molecule has 1 aromatic rings. The molecule has 2 rings (SSSR count). The van der Waals surface area contributed by atoms with Crippen molar-refractivity contribution in [2.45, 2.75) is 31.6 Å². The molecule has 1 nitrogen and oxygen atoms in total. The fourth-order valence-corrected chi connectivity index (χ4v) is 2.13. The zero-order valence-corrected chi connectivity index (χ0v) is 7.92. The van der Waals surface area contributed by atoms with Gasteiger partial charge in [0, 0.05) is 0 Å². The molecule has 1 aliphatic carbocycles. The van der Waals surface area contributed by atoms with Crippen LogP contribution in [0.2, 0.25) is 0 Å². The van der Waals surface area contributed by atoms with Crippen LogP contribution in [0.15, 0.2) is 30.3 Å². The molecule has 13 heavy (non-hydrogen) atoms. The highest BCUT2D eigenvalue weighted by molar-refractivity contribution is 5.89. The zero-order valence-electron chi connectivity index (χ0n) is 7.92. The third-order valence-corrected chi connectivity index (χ3v) is 3.21. The minimum atomic E-state index is -0.124. The second kappa shape index (κ2) is 2.99. The molecule has 0 saturated heterocycles. The van der Waals surface area contributed by atoms with E-state index in [2.05, 4.69) is 12.1 Å². The first-order valence-corrected chi connectivity index (χ1v) is 4.82. The highest BCUT2D eigenvalue weighted by Crippen LogP contribution is 2.44. The van der Waals surface area contributed by atoms with Gasteiger partial charge in [0.2, 0.25) is 0 Å². The molecule has 0 N–H and O–H groups in total. The molecule has 0 amide bonds. The quantitative estimate of drug-likeness (QED) is 0.673. The molecule has 0 spiro atoms. The standard InChI is InChI=1S/C12H14O/c1-10(13)12(8-5-9-12)11-6-3-2-4-7-11/h2-4,6-7H,5,8-9H2,1H3. The average molecular weight is 174 g/mol. The Morgan fingerprint density at radius 2 is 1.85 bits per heavy atom. The Labute approximate surface area is 78.8 Å². The highest BCUT2D eigenvalue weighted by atomic mass is 16.1. The third-order valence-electron chi connectivity index (χ3n) is 3.21. The van der Waals surface area contributed by atoms with Crippen LogP contribution in [0, 0.1) is 0 Å². The van der Waals surface area contributed by atoms with Crippen molar-refractivity contribution in [2.24, 2.45) is 0 Å². The SMILES string of the molecule is CC(=O)C1(c2ccccc2)CCC1. The van der Waals surface area contributed by atoms with Gasteiger partial charge in [-0.3, -0.25) is 4.79 Å². The van der Waals surface area contributed by atoms with Crippen molar-refractivity contribution in [3.63, 3.8) is 0 Å². The molecule has 1 heteroatoms. The minimum Gasteiger partial charge on any atom is -0.299 e. The van der Waals surface area contributed by atoms with Crippen LogP contribution < -0.4 is 0 Å². The molecular formula is C12H14O. The Balaban J connectivity index is 2.38. The number of ketones is 1. The van der Waals surface area contributed by atoms with E-state index in [9.17, 15) is 4.79 Å². The van der Waals surface area contributed by atoms with Crippen molar-refractivity contribution in [1.82, 2.24) is 0 Å². The molecule has 0 unspecified atom stereocenters. The maximum absolute atomic E-state index is 11.5. The van der Waals surface area contributed by atoms with Gasteiger partial charge in [-0.15, -0.1) is 0 Å². The van der Waals surface area contributed by atoms with E-state index in [1.807, 2.05) is 18.2 Å². The second-order valence-electron chi connectivity index (χ2n) is 3.86. The van der Waals surface area contributed by atoms with E-state index in [0.717, 1.165) is 12.8 Å². The van der Waals surface area contributed by atoms with Gasteiger partial charge in [-0.25, -0.2) is 0 Å². The normalized spacial score (nSPS) is 19.2. The average Bonchev–Trinajstić information content (AvgIpc) is 2.03. The molecule has 0 aliphatic heterocycles. The maximum Gasteiger partial charge on any atom is 0.140 e. The summed E-state index contributed by atoms with van der Waals surface area (Å²) < 4.78 is 0. The minimum absolute atomic E-state index is 0.124. The molecule has 1 aromatic carbocycles. The number of carbonyl (C=O) groups is 1. The number of carbonyl (C=O) groups excluding carboxylic acids is 1. The molecule has 0 atom stereocenters. The molecule has 1 saturated carbocycles. The van der Waals surface area contributed by atoms with Crippen LogP contribution >= 0.6 is 0 Å². The first-order valence-electron chi connectivity index (χ1n) is 4.82. The van der Waals surface area contributed by atoms with Crippen LogP contribution in [-0.4, -0.2) is 5.78 Å². The first kappa shape index (κ1) is 8.49. The summed E-state index contributed by atoms with van der Waals surface area (Å²) in [5.74, 6) is 0.324. The lowest BCUT2D eigenvalue weighted by molar-refractivity contribution is -0.125. The predicted octanol–water partition coefficient (Wildman–Crippen LogP) is 2.70. The molecule has 0 radical (unpaired) electrons. The van der Waals surface area contributed by atoms with Crippen LogP contribution in [0.5, 0.6) is 0 Å². The largest absolute Gasteiger partial charge is 0.299 e. The van der Waals surface area contributed by atoms with E-state index in [4.69, 9.17) is 0 Å². The second-order valence-corrected chi connectivity index (χ2v) is 3.86. The fourth-order valence-electron chi connectivity index (χ4n) is 2.13. The number of rotatable bonds is 2. The van der Waals surface area contributed by atoms with E-state index in [0.29, 0.717) is 5.78 Å². The zero-order chi connectivity index (χ0) is 9.31. The van der Waals surface area contributed by atoms with Gasteiger partial charge < -0.3 is 0 Å². The van der Waals surface area contributed by atoms with Crippen LogP contribution in [0.1, 0.15) is 31.7 Å². The Bertz CT molecular complexity index is 309. The van der Waals surface area contributed by atoms with Gasteiger partial charge in [-0.2, -0.15) is 0 Å². The lowest BCUT2D eigenvalue weighted by atomic mass is 9.62. The summed E-state index contributed by atoms with van der Waals surface area (Å²) in [5.41, 5.74) is 1.08. The van der Waals surface area contributed by atoms with Gasteiger partial charge >= 0.3 is 0 Å². The number of hydrogen-bond donors (Lipinski definition) is 0. The van der Waals surface area contributed by atoms with Crippen molar-refractivity contribution >= 4 is 5.78 Å². The summed E-state index contributed by atoms with van der Waals surface area (Å²) in [6.07, 6.45) is 3.26. The molecule has 0 aromatic heterocycles. The smallest absolute Gasteiger partial charge is 0.140 e. The number of Topliss-reactive ketones (excluding diaryl/α,β-unsaturated/α-hetero) is 1. The van der Waals surface area contributed by atoms with Crippen molar-refractivity contribution < 1.29 is 4.79 Å². The summed E-state index contributed by atoms with van der Waals surface area (Å²) in [7, 11) is 0. The summed E-state index contributed by atoms with van der Waals surface area (Å²) in [4.78, 5) is 11.5.